The van der Waals surface area contributed by atoms with Crippen LogP contribution in [0.2, 0.25) is 0 Å². The lowest BCUT2D eigenvalue weighted by Crippen LogP contribution is -2.44. The summed E-state index contributed by atoms with van der Waals surface area (Å²) in [5.41, 5.74) is 6.72. The molecule has 0 bridgehead atoms. The Morgan fingerprint density at radius 1 is 1.48 bits per heavy atom. The van der Waals surface area contributed by atoms with Gasteiger partial charge in [-0.15, -0.1) is 0 Å². The van der Waals surface area contributed by atoms with Crippen LogP contribution < -0.4 is 5.73 Å². The van der Waals surface area contributed by atoms with Crippen LogP contribution in [0.3, 0.4) is 0 Å². The second kappa shape index (κ2) is 6.58. The molecule has 1 aliphatic rings. The maximum atomic E-state index is 12.8. The van der Waals surface area contributed by atoms with Crippen LogP contribution >= 0.6 is 0 Å². The lowest BCUT2D eigenvalue weighted by molar-refractivity contribution is 0.0102. The van der Waals surface area contributed by atoms with E-state index in [0.29, 0.717) is 35.7 Å². The number of nitrogens with two attached hydrogens (primary N) is 1. The molecule has 6 heteroatoms. The van der Waals surface area contributed by atoms with Gasteiger partial charge < -0.3 is 10.5 Å². The lowest BCUT2D eigenvalue weighted by Gasteiger charge is -2.30. The van der Waals surface area contributed by atoms with Crippen LogP contribution in [0.25, 0.3) is 0 Å². The Kier molecular flexibility index (Phi) is 5.01. The average Bonchev–Trinajstić information content (AvgIpc) is 2.46. The molecule has 0 saturated carbocycles. The monoisotopic (exact) mass is 308 g/mol. The van der Waals surface area contributed by atoms with Crippen molar-refractivity contribution in [3.63, 3.8) is 0 Å². The summed E-state index contributed by atoms with van der Waals surface area (Å²) in [5, 5.41) is 0. The maximum absolute atomic E-state index is 12.8. The molecule has 1 aromatic rings. The predicted molar refractivity (Wildman–Crippen MR) is 81.3 cm³/mol. The Hall–Kier alpha value is -1.39. The minimum atomic E-state index is -3.52. The van der Waals surface area contributed by atoms with Gasteiger partial charge in [0.05, 0.1) is 24.2 Å². The summed E-state index contributed by atoms with van der Waals surface area (Å²) in [6, 6.07) is 5.20. The first-order valence-corrected chi connectivity index (χ1v) is 8.30. The van der Waals surface area contributed by atoms with E-state index in [2.05, 4.69) is 11.8 Å². The van der Waals surface area contributed by atoms with Gasteiger partial charge in [-0.05, 0) is 31.5 Å². The van der Waals surface area contributed by atoms with Crippen LogP contribution in [0, 0.1) is 18.8 Å². The molecule has 0 amide bonds. The SMILES string of the molecule is Cc1ccc(C#CCN)cc1S(=O)(=O)N1CCOC(C)C1. The summed E-state index contributed by atoms with van der Waals surface area (Å²) >= 11 is 0. The molecule has 2 N–H and O–H groups in total. The number of ether oxygens (including phenoxy) is 1. The highest BCUT2D eigenvalue weighted by Gasteiger charge is 2.30. The fraction of sp³-hybridized carbons (Fsp3) is 0.467. The number of hydrogen-bond acceptors (Lipinski definition) is 4. The Morgan fingerprint density at radius 2 is 2.24 bits per heavy atom. The molecule has 1 aliphatic heterocycles. The molecule has 1 atom stereocenters. The van der Waals surface area contributed by atoms with Gasteiger partial charge in [0.2, 0.25) is 10.0 Å². The third kappa shape index (κ3) is 3.63. The van der Waals surface area contributed by atoms with Crippen molar-refractivity contribution in [2.45, 2.75) is 24.8 Å². The zero-order valence-corrected chi connectivity index (χ0v) is 13.1. The molecule has 1 aromatic carbocycles. The summed E-state index contributed by atoms with van der Waals surface area (Å²) < 4.78 is 32.4. The van der Waals surface area contributed by atoms with Crippen molar-refractivity contribution in [3.8, 4) is 11.8 Å². The molecule has 0 aromatic heterocycles. The molecule has 1 heterocycles. The first-order chi connectivity index (χ1) is 9.95. The summed E-state index contributed by atoms with van der Waals surface area (Å²) in [4.78, 5) is 0.306. The summed E-state index contributed by atoms with van der Waals surface area (Å²) in [7, 11) is -3.52. The van der Waals surface area contributed by atoms with Gasteiger partial charge in [0.1, 0.15) is 0 Å². The van der Waals surface area contributed by atoms with E-state index in [-0.39, 0.29) is 12.6 Å². The minimum Gasteiger partial charge on any atom is -0.376 e. The van der Waals surface area contributed by atoms with Crippen molar-refractivity contribution < 1.29 is 13.2 Å². The molecular weight excluding hydrogens is 288 g/mol. The van der Waals surface area contributed by atoms with Crippen molar-refractivity contribution in [1.29, 1.82) is 0 Å². The molecule has 114 valence electrons. The Morgan fingerprint density at radius 3 is 2.90 bits per heavy atom. The average molecular weight is 308 g/mol. The Bertz CT molecular complexity index is 674. The zero-order valence-electron chi connectivity index (χ0n) is 12.3. The van der Waals surface area contributed by atoms with Crippen LogP contribution in [0.15, 0.2) is 23.1 Å². The van der Waals surface area contributed by atoms with E-state index in [4.69, 9.17) is 10.5 Å². The molecule has 0 radical (unpaired) electrons. The lowest BCUT2D eigenvalue weighted by atomic mass is 10.1. The summed E-state index contributed by atoms with van der Waals surface area (Å²) in [6.07, 6.45) is -0.0888. The van der Waals surface area contributed by atoms with Crippen LogP contribution in [0.1, 0.15) is 18.1 Å². The van der Waals surface area contributed by atoms with Crippen molar-refractivity contribution in [2.75, 3.05) is 26.2 Å². The van der Waals surface area contributed by atoms with E-state index in [1.54, 1.807) is 25.1 Å². The Balaban J connectivity index is 2.39. The standard InChI is InChI=1S/C15H20N2O3S/c1-12-5-6-14(4-3-7-16)10-15(12)21(18,19)17-8-9-20-13(2)11-17/h5-6,10,13H,7-9,11,16H2,1-2H3. The van der Waals surface area contributed by atoms with E-state index < -0.39 is 10.0 Å². The second-order valence-corrected chi connectivity index (χ2v) is 6.94. The van der Waals surface area contributed by atoms with Crippen molar-refractivity contribution in [3.05, 3.63) is 29.3 Å². The fourth-order valence-electron chi connectivity index (χ4n) is 2.25. The van der Waals surface area contributed by atoms with Gasteiger partial charge in [-0.2, -0.15) is 4.31 Å². The second-order valence-electron chi connectivity index (χ2n) is 5.03. The van der Waals surface area contributed by atoms with Crippen molar-refractivity contribution in [1.82, 2.24) is 4.31 Å². The van der Waals surface area contributed by atoms with E-state index in [1.807, 2.05) is 6.92 Å². The van der Waals surface area contributed by atoms with Crippen LogP contribution in [0.4, 0.5) is 0 Å². The molecule has 21 heavy (non-hydrogen) atoms. The van der Waals surface area contributed by atoms with Crippen molar-refractivity contribution >= 4 is 10.0 Å². The number of sulfonamides is 1. The summed E-state index contributed by atoms with van der Waals surface area (Å²) in [6.45, 7) is 5.09. The number of benzene rings is 1. The van der Waals surface area contributed by atoms with Crippen LogP contribution in [-0.4, -0.2) is 45.1 Å². The maximum Gasteiger partial charge on any atom is 0.243 e. The van der Waals surface area contributed by atoms with E-state index in [0.717, 1.165) is 0 Å². The van der Waals surface area contributed by atoms with Gasteiger partial charge in [0.25, 0.3) is 0 Å². The first-order valence-electron chi connectivity index (χ1n) is 6.86. The van der Waals surface area contributed by atoms with E-state index >= 15 is 0 Å². The molecule has 5 nitrogen and oxygen atoms in total. The van der Waals surface area contributed by atoms with E-state index in [1.165, 1.54) is 4.31 Å². The smallest absolute Gasteiger partial charge is 0.243 e. The first kappa shape index (κ1) is 16.0. The fourth-order valence-corrected chi connectivity index (χ4v) is 4.00. The number of aryl methyl sites for hydroxylation is 1. The quantitative estimate of drug-likeness (QED) is 0.817. The molecule has 2 rings (SSSR count). The highest BCUT2D eigenvalue weighted by molar-refractivity contribution is 7.89. The topological polar surface area (TPSA) is 72.6 Å². The Labute approximate surface area is 126 Å². The number of nitrogens with zero attached hydrogens (tertiary/aromatic N) is 1. The van der Waals surface area contributed by atoms with Gasteiger partial charge in [-0.1, -0.05) is 17.9 Å². The molecule has 0 spiro atoms. The number of hydrogen-bond donors (Lipinski definition) is 1. The third-order valence-electron chi connectivity index (χ3n) is 3.34. The van der Waals surface area contributed by atoms with Gasteiger partial charge in [0.15, 0.2) is 0 Å². The van der Waals surface area contributed by atoms with Gasteiger partial charge in [-0.3, -0.25) is 0 Å². The molecule has 1 unspecified atom stereocenters. The summed E-state index contributed by atoms with van der Waals surface area (Å²) in [5.74, 6) is 5.61. The highest BCUT2D eigenvalue weighted by Crippen LogP contribution is 2.23. The normalized spacial score (nSPS) is 19.9. The molecule has 1 fully saturated rings. The molecular formula is C15H20N2O3S. The molecule has 0 aliphatic carbocycles. The minimum absolute atomic E-state index is 0.0888. The largest absolute Gasteiger partial charge is 0.376 e. The van der Waals surface area contributed by atoms with Gasteiger partial charge in [-0.25, -0.2) is 8.42 Å². The molecule has 1 saturated heterocycles. The highest BCUT2D eigenvalue weighted by atomic mass is 32.2. The zero-order chi connectivity index (χ0) is 15.5. The predicted octanol–water partition coefficient (Wildman–Crippen LogP) is 0.715. The van der Waals surface area contributed by atoms with Crippen LogP contribution in [0.5, 0.6) is 0 Å². The number of morpholine rings is 1. The van der Waals surface area contributed by atoms with Crippen molar-refractivity contribution in [2.24, 2.45) is 5.73 Å². The number of rotatable bonds is 2. The van der Waals surface area contributed by atoms with Gasteiger partial charge in [0, 0.05) is 18.7 Å². The van der Waals surface area contributed by atoms with E-state index in [9.17, 15) is 8.42 Å². The third-order valence-corrected chi connectivity index (χ3v) is 5.35. The van der Waals surface area contributed by atoms with Crippen LogP contribution in [-0.2, 0) is 14.8 Å². The van der Waals surface area contributed by atoms with Gasteiger partial charge >= 0.3 is 0 Å².